The molecule has 1 aliphatic carbocycles. The van der Waals surface area contributed by atoms with Crippen LogP contribution in [0.15, 0.2) is 53.7 Å². The Bertz CT molecular complexity index is 801. The van der Waals surface area contributed by atoms with Gasteiger partial charge in [-0.2, -0.15) is 0 Å². The highest BCUT2D eigenvalue weighted by Crippen LogP contribution is 2.33. The van der Waals surface area contributed by atoms with Crippen LogP contribution in [0, 0.1) is 5.92 Å². The summed E-state index contributed by atoms with van der Waals surface area (Å²) in [5.41, 5.74) is 4.51. The number of carboxylic acid groups (broad SMARTS) is 1. The summed E-state index contributed by atoms with van der Waals surface area (Å²) < 4.78 is 5.45. The molecule has 0 radical (unpaired) electrons. The third-order valence-corrected chi connectivity index (χ3v) is 4.88. The SMILES string of the molecule is CCC(=NOCc1ccccc1)C1CCc2c(cccc2OCC(=O)O)C1. The topological polar surface area (TPSA) is 68.1 Å². The van der Waals surface area contributed by atoms with E-state index in [1.165, 1.54) is 5.56 Å². The predicted octanol–water partition coefficient (Wildman–Crippen LogP) is 4.24. The minimum Gasteiger partial charge on any atom is -0.482 e. The van der Waals surface area contributed by atoms with Crippen LogP contribution < -0.4 is 4.74 Å². The first kappa shape index (κ1) is 19.0. The normalized spacial score (nSPS) is 16.5. The van der Waals surface area contributed by atoms with Crippen molar-refractivity contribution in [3.05, 3.63) is 65.2 Å². The maximum atomic E-state index is 10.8. The summed E-state index contributed by atoms with van der Waals surface area (Å²) in [5.74, 6) is 0.0638. The van der Waals surface area contributed by atoms with Gasteiger partial charge in [-0.25, -0.2) is 4.79 Å². The second-order valence-corrected chi connectivity index (χ2v) is 6.71. The van der Waals surface area contributed by atoms with E-state index in [9.17, 15) is 4.79 Å². The molecule has 5 nitrogen and oxygen atoms in total. The van der Waals surface area contributed by atoms with Gasteiger partial charge in [0.15, 0.2) is 6.61 Å². The summed E-state index contributed by atoms with van der Waals surface area (Å²) in [7, 11) is 0. The van der Waals surface area contributed by atoms with Gasteiger partial charge in [0.25, 0.3) is 0 Å². The highest BCUT2D eigenvalue weighted by molar-refractivity contribution is 5.86. The Morgan fingerprint density at radius 2 is 2.00 bits per heavy atom. The van der Waals surface area contributed by atoms with Gasteiger partial charge < -0.3 is 14.7 Å². The number of fused-ring (bicyclic) bond motifs is 1. The zero-order valence-corrected chi connectivity index (χ0v) is 15.6. The minimum atomic E-state index is -0.961. The van der Waals surface area contributed by atoms with Gasteiger partial charge in [-0.05, 0) is 48.4 Å². The van der Waals surface area contributed by atoms with Gasteiger partial charge in [0.1, 0.15) is 12.4 Å². The van der Waals surface area contributed by atoms with Gasteiger partial charge >= 0.3 is 5.97 Å². The van der Waals surface area contributed by atoms with E-state index in [2.05, 4.69) is 18.1 Å². The monoisotopic (exact) mass is 367 g/mol. The van der Waals surface area contributed by atoms with Crippen molar-refractivity contribution in [1.82, 2.24) is 0 Å². The molecule has 27 heavy (non-hydrogen) atoms. The van der Waals surface area contributed by atoms with E-state index in [-0.39, 0.29) is 6.61 Å². The lowest BCUT2D eigenvalue weighted by atomic mass is 9.80. The third-order valence-electron chi connectivity index (χ3n) is 4.88. The molecular weight excluding hydrogens is 342 g/mol. The molecule has 0 amide bonds. The number of hydrogen-bond acceptors (Lipinski definition) is 4. The number of carboxylic acids is 1. The number of aliphatic carboxylic acids is 1. The van der Waals surface area contributed by atoms with Gasteiger partial charge in [0, 0.05) is 5.92 Å². The largest absolute Gasteiger partial charge is 0.482 e. The smallest absolute Gasteiger partial charge is 0.341 e. The molecule has 0 spiro atoms. The number of nitrogens with zero attached hydrogens (tertiary/aromatic N) is 1. The molecule has 1 unspecified atom stereocenters. The molecule has 0 aliphatic heterocycles. The number of rotatable bonds is 8. The van der Waals surface area contributed by atoms with Crippen LogP contribution >= 0.6 is 0 Å². The molecule has 2 aromatic rings. The van der Waals surface area contributed by atoms with Crippen LogP contribution in [-0.2, 0) is 29.1 Å². The molecule has 0 fully saturated rings. The van der Waals surface area contributed by atoms with Gasteiger partial charge in [0.05, 0.1) is 5.71 Å². The Labute approximate surface area is 159 Å². The summed E-state index contributed by atoms with van der Waals surface area (Å²) in [6.07, 6.45) is 3.54. The van der Waals surface area contributed by atoms with Crippen molar-refractivity contribution in [3.63, 3.8) is 0 Å². The Balaban J connectivity index is 1.65. The van der Waals surface area contributed by atoms with Gasteiger partial charge in [-0.1, -0.05) is 54.5 Å². The first-order chi connectivity index (χ1) is 13.2. The summed E-state index contributed by atoms with van der Waals surface area (Å²) in [6.45, 7) is 2.27. The quantitative estimate of drug-likeness (QED) is 0.560. The molecule has 1 N–H and O–H groups in total. The van der Waals surface area contributed by atoms with Crippen LogP contribution in [0.5, 0.6) is 5.75 Å². The summed E-state index contributed by atoms with van der Waals surface area (Å²) >= 11 is 0. The van der Waals surface area contributed by atoms with Crippen molar-refractivity contribution in [1.29, 1.82) is 0 Å². The van der Waals surface area contributed by atoms with Crippen molar-refractivity contribution in [2.75, 3.05) is 6.61 Å². The number of carbonyl (C=O) groups is 1. The van der Waals surface area contributed by atoms with Crippen molar-refractivity contribution in [2.24, 2.45) is 11.1 Å². The lowest BCUT2D eigenvalue weighted by molar-refractivity contribution is -0.139. The van der Waals surface area contributed by atoms with E-state index < -0.39 is 5.97 Å². The van der Waals surface area contributed by atoms with Crippen molar-refractivity contribution >= 4 is 11.7 Å². The lowest BCUT2D eigenvalue weighted by Crippen LogP contribution is -2.23. The van der Waals surface area contributed by atoms with Crippen LogP contribution in [-0.4, -0.2) is 23.4 Å². The number of oxime groups is 1. The highest BCUT2D eigenvalue weighted by Gasteiger charge is 2.25. The maximum Gasteiger partial charge on any atom is 0.341 e. The van der Waals surface area contributed by atoms with Gasteiger partial charge in [-0.3, -0.25) is 0 Å². The first-order valence-corrected chi connectivity index (χ1v) is 9.35. The van der Waals surface area contributed by atoms with Crippen LogP contribution in [0.3, 0.4) is 0 Å². The van der Waals surface area contributed by atoms with Crippen LogP contribution in [0.2, 0.25) is 0 Å². The fourth-order valence-electron chi connectivity index (χ4n) is 3.52. The predicted molar refractivity (Wildman–Crippen MR) is 104 cm³/mol. The van der Waals surface area contributed by atoms with Crippen molar-refractivity contribution < 1.29 is 19.5 Å². The zero-order chi connectivity index (χ0) is 19.1. The molecule has 0 saturated heterocycles. The van der Waals surface area contributed by atoms with E-state index >= 15 is 0 Å². The molecule has 1 atom stereocenters. The van der Waals surface area contributed by atoms with Crippen LogP contribution in [0.4, 0.5) is 0 Å². The molecule has 3 rings (SSSR count). The number of benzene rings is 2. The van der Waals surface area contributed by atoms with Gasteiger partial charge in [-0.15, -0.1) is 0 Å². The molecule has 0 bridgehead atoms. The highest BCUT2D eigenvalue weighted by atomic mass is 16.6. The fourth-order valence-corrected chi connectivity index (χ4v) is 3.52. The average Bonchev–Trinajstić information content (AvgIpc) is 2.70. The zero-order valence-electron chi connectivity index (χ0n) is 15.6. The Morgan fingerprint density at radius 1 is 1.19 bits per heavy atom. The molecule has 1 aliphatic rings. The van der Waals surface area contributed by atoms with E-state index in [1.54, 1.807) is 0 Å². The lowest BCUT2D eigenvalue weighted by Gasteiger charge is -2.26. The third kappa shape index (κ3) is 5.09. The average molecular weight is 367 g/mol. The molecule has 0 aromatic heterocycles. The van der Waals surface area contributed by atoms with E-state index in [4.69, 9.17) is 14.7 Å². The second-order valence-electron chi connectivity index (χ2n) is 6.71. The molecule has 5 heteroatoms. The van der Waals surface area contributed by atoms with E-state index in [0.29, 0.717) is 18.3 Å². The maximum absolute atomic E-state index is 10.8. The summed E-state index contributed by atoms with van der Waals surface area (Å²) in [6, 6.07) is 15.9. The Hall–Kier alpha value is -2.82. The fraction of sp³-hybridized carbons (Fsp3) is 0.364. The minimum absolute atomic E-state index is 0.311. The van der Waals surface area contributed by atoms with E-state index in [1.807, 2.05) is 42.5 Å². The van der Waals surface area contributed by atoms with Crippen LogP contribution in [0.1, 0.15) is 36.5 Å². The Morgan fingerprint density at radius 3 is 2.74 bits per heavy atom. The number of hydrogen-bond donors (Lipinski definition) is 1. The molecular formula is C22H25NO4. The molecule has 142 valence electrons. The second kappa shape index (κ2) is 9.21. The Kier molecular flexibility index (Phi) is 6.47. The first-order valence-electron chi connectivity index (χ1n) is 9.35. The van der Waals surface area contributed by atoms with Crippen molar-refractivity contribution in [2.45, 2.75) is 39.2 Å². The number of ether oxygens (including phenoxy) is 1. The molecule has 0 heterocycles. The summed E-state index contributed by atoms with van der Waals surface area (Å²) in [5, 5.41) is 13.3. The van der Waals surface area contributed by atoms with Gasteiger partial charge in [0.2, 0.25) is 0 Å². The standard InChI is InChI=1S/C22H25NO4/c1-2-20(23-27-14-16-7-4-3-5-8-16)18-11-12-19-17(13-18)9-6-10-21(19)26-15-22(24)25/h3-10,18H,2,11-15H2,1H3,(H,24,25). The molecule has 0 saturated carbocycles. The molecule has 2 aromatic carbocycles. The van der Waals surface area contributed by atoms with Crippen molar-refractivity contribution in [3.8, 4) is 5.75 Å². The van der Waals surface area contributed by atoms with E-state index in [0.717, 1.165) is 42.5 Å². The summed E-state index contributed by atoms with van der Waals surface area (Å²) in [4.78, 5) is 16.4. The van der Waals surface area contributed by atoms with Crippen LogP contribution in [0.25, 0.3) is 0 Å².